The number of piperidine rings is 1. The highest BCUT2D eigenvalue weighted by Crippen LogP contribution is 2.33. The number of ether oxygens (including phenoxy) is 2. The second kappa shape index (κ2) is 6.23. The summed E-state index contributed by atoms with van der Waals surface area (Å²) in [5.41, 5.74) is 0. The predicted molar refractivity (Wildman–Crippen MR) is 73.8 cm³/mol. The molecule has 106 valence electrons. The summed E-state index contributed by atoms with van der Waals surface area (Å²) in [5, 5.41) is 0. The van der Waals surface area contributed by atoms with Crippen LogP contribution in [0.3, 0.4) is 0 Å². The third-order valence-electron chi connectivity index (χ3n) is 3.19. The molecule has 0 aromatic carbocycles. The predicted octanol–water partition coefficient (Wildman–Crippen LogP) is 2.88. The van der Waals surface area contributed by atoms with E-state index in [2.05, 4.69) is 4.37 Å². The Kier molecular flexibility index (Phi) is 4.63. The molecule has 0 aliphatic carbocycles. The Morgan fingerprint density at radius 2 is 2.16 bits per heavy atom. The lowest BCUT2D eigenvalue weighted by atomic mass is 9.95. The zero-order valence-electron chi connectivity index (χ0n) is 11.6. The van der Waals surface area contributed by atoms with Crippen molar-refractivity contribution in [1.82, 2.24) is 9.27 Å². The molecule has 1 saturated heterocycles. The van der Waals surface area contributed by atoms with Crippen molar-refractivity contribution < 1.29 is 14.3 Å². The van der Waals surface area contributed by atoms with Gasteiger partial charge in [0.2, 0.25) is 5.88 Å². The first kappa shape index (κ1) is 14.1. The topological polar surface area (TPSA) is 51.7 Å². The summed E-state index contributed by atoms with van der Waals surface area (Å²) in [6, 6.07) is 2.03. The molecule has 1 aromatic rings. The summed E-state index contributed by atoms with van der Waals surface area (Å²) in [6.45, 7) is 5.48. The Labute approximate surface area is 117 Å². The number of hydrogen-bond donors (Lipinski definition) is 0. The summed E-state index contributed by atoms with van der Waals surface area (Å²) in [6.07, 6.45) is 1.83. The first-order valence-electron chi connectivity index (χ1n) is 6.56. The molecule has 5 nitrogen and oxygen atoms in total. The van der Waals surface area contributed by atoms with Crippen molar-refractivity contribution in [3.63, 3.8) is 0 Å². The van der Waals surface area contributed by atoms with Gasteiger partial charge in [0.15, 0.2) is 0 Å². The summed E-state index contributed by atoms with van der Waals surface area (Å²) in [4.78, 5) is 14.4. The zero-order valence-corrected chi connectivity index (χ0v) is 12.4. The average molecular weight is 284 g/mol. The van der Waals surface area contributed by atoms with E-state index in [9.17, 15) is 4.79 Å². The summed E-state index contributed by atoms with van der Waals surface area (Å²) < 4.78 is 14.6. The SMILES string of the molecule is COC(=O)N1CCC(c2cc(OC(C)C)ns2)CC1. The molecule has 0 unspecified atom stereocenters. The van der Waals surface area contributed by atoms with Gasteiger partial charge < -0.3 is 14.4 Å². The standard InChI is InChI=1S/C13H20N2O3S/c1-9(2)18-12-8-11(19-14-12)10-4-6-15(7-5-10)13(16)17-3/h8-10H,4-7H2,1-3H3. The van der Waals surface area contributed by atoms with Crippen LogP contribution in [0, 0.1) is 0 Å². The fourth-order valence-corrected chi connectivity index (χ4v) is 3.07. The molecule has 0 bridgehead atoms. The number of aromatic nitrogens is 1. The molecule has 1 aliphatic heterocycles. The Morgan fingerprint density at radius 3 is 2.74 bits per heavy atom. The molecule has 1 aromatic heterocycles. The molecule has 1 fully saturated rings. The van der Waals surface area contributed by atoms with E-state index in [-0.39, 0.29) is 12.2 Å². The number of carbonyl (C=O) groups is 1. The van der Waals surface area contributed by atoms with Crippen LogP contribution in [0.5, 0.6) is 5.88 Å². The van der Waals surface area contributed by atoms with Crippen LogP contribution in [0.1, 0.15) is 37.5 Å². The molecule has 1 amide bonds. The Morgan fingerprint density at radius 1 is 1.47 bits per heavy atom. The summed E-state index contributed by atoms with van der Waals surface area (Å²) >= 11 is 1.50. The first-order valence-corrected chi connectivity index (χ1v) is 7.33. The number of nitrogens with zero attached hydrogens (tertiary/aromatic N) is 2. The maximum atomic E-state index is 11.4. The normalized spacial score (nSPS) is 16.7. The number of amides is 1. The van der Waals surface area contributed by atoms with Gasteiger partial charge in [-0.2, -0.15) is 4.37 Å². The lowest BCUT2D eigenvalue weighted by Gasteiger charge is -2.30. The van der Waals surface area contributed by atoms with Crippen LogP contribution in [0.15, 0.2) is 6.07 Å². The molecule has 6 heteroatoms. The van der Waals surface area contributed by atoms with E-state index in [0.29, 0.717) is 11.8 Å². The molecule has 1 aliphatic rings. The van der Waals surface area contributed by atoms with Crippen LogP contribution in [0.4, 0.5) is 4.79 Å². The fraction of sp³-hybridized carbons (Fsp3) is 0.692. The monoisotopic (exact) mass is 284 g/mol. The molecule has 0 radical (unpaired) electrons. The van der Waals surface area contributed by atoms with Crippen LogP contribution in [0.2, 0.25) is 0 Å². The van der Waals surface area contributed by atoms with E-state index in [1.54, 1.807) is 4.90 Å². The van der Waals surface area contributed by atoms with Crippen molar-refractivity contribution >= 4 is 17.6 Å². The Bertz CT molecular complexity index is 425. The Hall–Kier alpha value is -1.30. The highest BCUT2D eigenvalue weighted by Gasteiger charge is 2.25. The minimum atomic E-state index is -0.230. The smallest absolute Gasteiger partial charge is 0.409 e. The first-order chi connectivity index (χ1) is 9.10. The summed E-state index contributed by atoms with van der Waals surface area (Å²) in [7, 11) is 1.42. The second-order valence-corrected chi connectivity index (χ2v) is 5.80. The van der Waals surface area contributed by atoms with Gasteiger partial charge in [0.05, 0.1) is 13.2 Å². The molecule has 2 rings (SSSR count). The van der Waals surface area contributed by atoms with Crippen molar-refractivity contribution in [1.29, 1.82) is 0 Å². The van der Waals surface area contributed by atoms with Gasteiger partial charge in [-0.1, -0.05) is 0 Å². The van der Waals surface area contributed by atoms with Crippen molar-refractivity contribution in [3.05, 3.63) is 10.9 Å². The quantitative estimate of drug-likeness (QED) is 0.856. The highest BCUT2D eigenvalue weighted by molar-refractivity contribution is 7.06. The molecule has 2 heterocycles. The molecule has 0 atom stereocenters. The van der Waals surface area contributed by atoms with Gasteiger partial charge in [0.25, 0.3) is 0 Å². The molecular weight excluding hydrogens is 264 g/mol. The molecular formula is C13H20N2O3S. The van der Waals surface area contributed by atoms with E-state index in [1.165, 1.54) is 23.5 Å². The van der Waals surface area contributed by atoms with Gasteiger partial charge in [0, 0.05) is 24.0 Å². The third kappa shape index (κ3) is 3.59. The van der Waals surface area contributed by atoms with E-state index < -0.39 is 0 Å². The van der Waals surface area contributed by atoms with E-state index >= 15 is 0 Å². The lowest BCUT2D eigenvalue weighted by molar-refractivity contribution is 0.112. The summed E-state index contributed by atoms with van der Waals surface area (Å²) in [5.74, 6) is 1.19. The van der Waals surface area contributed by atoms with Crippen LogP contribution < -0.4 is 4.74 Å². The van der Waals surface area contributed by atoms with Crippen molar-refractivity contribution in [2.45, 2.75) is 38.7 Å². The van der Waals surface area contributed by atoms with Gasteiger partial charge in [-0.05, 0) is 44.1 Å². The third-order valence-corrected chi connectivity index (χ3v) is 4.13. The van der Waals surface area contributed by atoms with Crippen LogP contribution in [-0.2, 0) is 4.74 Å². The number of hydrogen-bond acceptors (Lipinski definition) is 5. The van der Waals surface area contributed by atoms with Gasteiger partial charge in [-0.3, -0.25) is 0 Å². The maximum Gasteiger partial charge on any atom is 0.409 e. The zero-order chi connectivity index (χ0) is 13.8. The number of rotatable bonds is 3. The van der Waals surface area contributed by atoms with Gasteiger partial charge >= 0.3 is 6.09 Å². The minimum absolute atomic E-state index is 0.149. The average Bonchev–Trinajstić information content (AvgIpc) is 2.85. The van der Waals surface area contributed by atoms with Gasteiger partial charge in [-0.15, -0.1) is 0 Å². The second-order valence-electron chi connectivity index (χ2n) is 4.97. The van der Waals surface area contributed by atoms with Crippen LogP contribution in [-0.4, -0.2) is 41.7 Å². The van der Waals surface area contributed by atoms with Crippen LogP contribution >= 0.6 is 11.5 Å². The van der Waals surface area contributed by atoms with E-state index in [4.69, 9.17) is 9.47 Å². The number of methoxy groups -OCH3 is 1. The largest absolute Gasteiger partial charge is 0.474 e. The lowest BCUT2D eigenvalue weighted by Crippen LogP contribution is -2.37. The molecule has 0 spiro atoms. The van der Waals surface area contributed by atoms with Crippen LogP contribution in [0.25, 0.3) is 0 Å². The van der Waals surface area contributed by atoms with Gasteiger partial charge in [-0.25, -0.2) is 4.79 Å². The van der Waals surface area contributed by atoms with Crippen molar-refractivity contribution in [2.24, 2.45) is 0 Å². The van der Waals surface area contributed by atoms with Gasteiger partial charge in [0.1, 0.15) is 0 Å². The number of carbonyl (C=O) groups excluding carboxylic acids is 1. The van der Waals surface area contributed by atoms with Crippen molar-refractivity contribution in [2.75, 3.05) is 20.2 Å². The minimum Gasteiger partial charge on any atom is -0.474 e. The molecule has 0 saturated carbocycles. The maximum absolute atomic E-state index is 11.4. The fourth-order valence-electron chi connectivity index (χ4n) is 2.24. The molecule has 19 heavy (non-hydrogen) atoms. The molecule has 0 N–H and O–H groups in total. The number of likely N-dealkylation sites (tertiary alicyclic amines) is 1. The Balaban J connectivity index is 1.90. The van der Waals surface area contributed by atoms with E-state index in [0.717, 1.165) is 25.9 Å². The highest BCUT2D eigenvalue weighted by atomic mass is 32.1. The van der Waals surface area contributed by atoms with E-state index in [1.807, 2.05) is 19.9 Å². The van der Waals surface area contributed by atoms with Crippen molar-refractivity contribution in [3.8, 4) is 5.88 Å².